The van der Waals surface area contributed by atoms with E-state index in [1.165, 1.54) is 6.92 Å². The van der Waals surface area contributed by atoms with E-state index >= 15 is 0 Å². The zero-order valence-electron chi connectivity index (χ0n) is 7.26. The number of aliphatic hydroxyl groups excluding tert-OH is 1. The molecule has 0 aliphatic heterocycles. The van der Waals surface area contributed by atoms with Crippen molar-refractivity contribution in [3.8, 4) is 0 Å². The second kappa shape index (κ2) is 4.45. The maximum Gasteiger partial charge on any atom is 0.415 e. The summed E-state index contributed by atoms with van der Waals surface area (Å²) in [6, 6.07) is 0. The van der Waals surface area contributed by atoms with Crippen molar-refractivity contribution in [3.05, 3.63) is 0 Å². The average Bonchev–Trinajstić information content (AvgIpc) is 2.03. The highest BCUT2D eigenvalue weighted by Gasteiger charge is 2.46. The Morgan fingerprint density at radius 1 is 1.54 bits per heavy atom. The molecule has 1 N–H and O–H groups in total. The van der Waals surface area contributed by atoms with Gasteiger partial charge in [-0.15, -0.1) is 0 Å². The molecule has 0 radical (unpaired) electrons. The number of aliphatic hydroxyl groups is 1. The number of hydrogen-bond donors (Lipinski definition) is 1. The molecule has 0 rings (SSSR count). The van der Waals surface area contributed by atoms with Crippen molar-refractivity contribution in [2.24, 2.45) is 5.92 Å². The van der Waals surface area contributed by atoms with Gasteiger partial charge in [0.25, 0.3) is 0 Å². The Morgan fingerprint density at radius 3 is 2.23 bits per heavy atom. The molecule has 0 spiro atoms. The normalized spacial score (nSPS) is 16.5. The molecule has 0 aromatic heterocycles. The molecule has 78 valence electrons. The highest BCUT2D eigenvalue weighted by Crippen LogP contribution is 2.27. The summed E-state index contributed by atoms with van der Waals surface area (Å²) in [5.74, 6) is -2.59. The van der Waals surface area contributed by atoms with Crippen LogP contribution in [-0.2, 0) is 9.53 Å². The van der Waals surface area contributed by atoms with E-state index < -0.39 is 24.2 Å². The summed E-state index contributed by atoms with van der Waals surface area (Å²) >= 11 is 0. The van der Waals surface area contributed by atoms with Crippen LogP contribution in [0.4, 0.5) is 13.2 Å². The SMILES string of the molecule is CCC(C(=O)OC)[C@@H](O)C(F)(F)F. The van der Waals surface area contributed by atoms with Crippen molar-refractivity contribution in [3.63, 3.8) is 0 Å². The van der Waals surface area contributed by atoms with E-state index in [0.717, 1.165) is 7.11 Å². The lowest BCUT2D eigenvalue weighted by atomic mass is 9.99. The van der Waals surface area contributed by atoms with Gasteiger partial charge in [-0.05, 0) is 6.42 Å². The summed E-state index contributed by atoms with van der Waals surface area (Å²) in [4.78, 5) is 10.7. The number of halogens is 3. The number of hydrogen-bond acceptors (Lipinski definition) is 3. The van der Waals surface area contributed by atoms with Gasteiger partial charge in [-0.1, -0.05) is 6.92 Å². The van der Waals surface area contributed by atoms with Crippen molar-refractivity contribution < 1.29 is 27.8 Å². The van der Waals surface area contributed by atoms with Crippen LogP contribution in [0.5, 0.6) is 0 Å². The third-order valence-electron chi connectivity index (χ3n) is 1.66. The van der Waals surface area contributed by atoms with E-state index in [1.807, 2.05) is 0 Å². The first-order chi connectivity index (χ1) is 5.84. The number of methoxy groups -OCH3 is 1. The molecule has 0 aliphatic rings. The molecule has 0 fully saturated rings. The van der Waals surface area contributed by atoms with E-state index in [4.69, 9.17) is 5.11 Å². The summed E-state index contributed by atoms with van der Waals surface area (Å²) in [5, 5.41) is 8.72. The van der Waals surface area contributed by atoms with Gasteiger partial charge in [0.05, 0.1) is 13.0 Å². The van der Waals surface area contributed by atoms with Crippen LogP contribution >= 0.6 is 0 Å². The fourth-order valence-corrected chi connectivity index (χ4v) is 0.898. The van der Waals surface area contributed by atoms with E-state index in [2.05, 4.69) is 4.74 Å². The molecule has 0 saturated carbocycles. The van der Waals surface area contributed by atoms with Gasteiger partial charge >= 0.3 is 12.1 Å². The highest BCUT2D eigenvalue weighted by atomic mass is 19.4. The molecule has 1 unspecified atom stereocenters. The molecule has 0 aliphatic carbocycles. The fraction of sp³-hybridized carbons (Fsp3) is 0.857. The quantitative estimate of drug-likeness (QED) is 0.694. The topological polar surface area (TPSA) is 46.5 Å². The Balaban J connectivity index is 4.50. The van der Waals surface area contributed by atoms with Crippen LogP contribution < -0.4 is 0 Å². The van der Waals surface area contributed by atoms with Crippen LogP contribution in [0.2, 0.25) is 0 Å². The fourth-order valence-electron chi connectivity index (χ4n) is 0.898. The zero-order valence-corrected chi connectivity index (χ0v) is 7.26. The molecule has 0 amide bonds. The van der Waals surface area contributed by atoms with Crippen LogP contribution in [0.3, 0.4) is 0 Å². The molecule has 0 saturated heterocycles. The van der Waals surface area contributed by atoms with Crippen molar-refractivity contribution in [2.45, 2.75) is 25.6 Å². The van der Waals surface area contributed by atoms with Gasteiger partial charge in [-0.25, -0.2) is 0 Å². The van der Waals surface area contributed by atoms with Gasteiger partial charge in [0.1, 0.15) is 0 Å². The van der Waals surface area contributed by atoms with E-state index in [1.54, 1.807) is 0 Å². The molecule has 0 bridgehead atoms. The highest BCUT2D eigenvalue weighted by molar-refractivity contribution is 5.72. The standard InChI is InChI=1S/C7H11F3O3/c1-3-4(6(12)13-2)5(11)7(8,9)10/h4-5,11H,3H2,1-2H3/t4?,5-/m1/s1. The third kappa shape index (κ3) is 3.22. The summed E-state index contributed by atoms with van der Waals surface area (Å²) in [6.07, 6.45) is -7.55. The molecular formula is C7H11F3O3. The van der Waals surface area contributed by atoms with E-state index in [9.17, 15) is 18.0 Å². The summed E-state index contributed by atoms with van der Waals surface area (Å²) in [5.41, 5.74) is 0. The second-order valence-corrected chi connectivity index (χ2v) is 2.52. The van der Waals surface area contributed by atoms with Crippen molar-refractivity contribution in [1.82, 2.24) is 0 Å². The lowest BCUT2D eigenvalue weighted by Crippen LogP contribution is -2.40. The molecule has 0 heterocycles. The van der Waals surface area contributed by atoms with Gasteiger partial charge in [0.2, 0.25) is 0 Å². The van der Waals surface area contributed by atoms with Crippen molar-refractivity contribution >= 4 is 5.97 Å². The largest absolute Gasteiger partial charge is 0.469 e. The number of esters is 1. The first-order valence-corrected chi connectivity index (χ1v) is 3.67. The molecule has 3 nitrogen and oxygen atoms in total. The first-order valence-electron chi connectivity index (χ1n) is 3.67. The Labute approximate surface area is 73.5 Å². The Bertz CT molecular complexity index is 178. The minimum absolute atomic E-state index is 0.118. The predicted molar refractivity (Wildman–Crippen MR) is 37.9 cm³/mol. The molecule has 6 heteroatoms. The number of rotatable bonds is 3. The van der Waals surface area contributed by atoms with Crippen molar-refractivity contribution in [2.75, 3.05) is 7.11 Å². The van der Waals surface area contributed by atoms with Crippen LogP contribution in [0.15, 0.2) is 0 Å². The van der Waals surface area contributed by atoms with Crippen LogP contribution in [0.25, 0.3) is 0 Å². The smallest absolute Gasteiger partial charge is 0.415 e. The Kier molecular flexibility index (Phi) is 4.19. The minimum Gasteiger partial charge on any atom is -0.469 e. The third-order valence-corrected chi connectivity index (χ3v) is 1.66. The van der Waals surface area contributed by atoms with E-state index in [-0.39, 0.29) is 6.42 Å². The summed E-state index contributed by atoms with van der Waals surface area (Å²) in [6.45, 7) is 1.37. The lowest BCUT2D eigenvalue weighted by Gasteiger charge is -2.21. The maximum absolute atomic E-state index is 11.9. The summed E-state index contributed by atoms with van der Waals surface area (Å²) in [7, 11) is 0.980. The monoisotopic (exact) mass is 200 g/mol. The zero-order chi connectivity index (χ0) is 10.6. The second-order valence-electron chi connectivity index (χ2n) is 2.52. The van der Waals surface area contributed by atoms with Crippen LogP contribution in [0.1, 0.15) is 13.3 Å². The molecular weight excluding hydrogens is 189 g/mol. The maximum atomic E-state index is 11.9. The minimum atomic E-state index is -4.78. The van der Waals surface area contributed by atoms with Crippen LogP contribution in [-0.4, -0.2) is 30.5 Å². The lowest BCUT2D eigenvalue weighted by molar-refractivity contribution is -0.223. The molecule has 0 aromatic carbocycles. The Hall–Kier alpha value is -0.780. The molecule has 0 aromatic rings. The van der Waals surface area contributed by atoms with Gasteiger partial charge in [-0.3, -0.25) is 4.79 Å². The Morgan fingerprint density at radius 2 is 2.00 bits per heavy atom. The number of carbonyl (C=O) groups excluding carboxylic acids is 1. The predicted octanol–water partition coefficient (Wildman–Crippen LogP) is 1.11. The van der Waals surface area contributed by atoms with Gasteiger partial charge in [0, 0.05) is 0 Å². The number of alkyl halides is 3. The first kappa shape index (κ1) is 12.2. The van der Waals surface area contributed by atoms with Crippen LogP contribution in [0, 0.1) is 5.92 Å². The summed E-state index contributed by atoms with van der Waals surface area (Å²) < 4.78 is 39.9. The average molecular weight is 200 g/mol. The van der Waals surface area contributed by atoms with Gasteiger partial charge in [0.15, 0.2) is 6.10 Å². The van der Waals surface area contributed by atoms with E-state index in [0.29, 0.717) is 0 Å². The van der Waals surface area contributed by atoms with Gasteiger partial charge < -0.3 is 9.84 Å². The number of ether oxygens (including phenoxy) is 1. The van der Waals surface area contributed by atoms with Crippen molar-refractivity contribution in [1.29, 1.82) is 0 Å². The number of carbonyl (C=O) groups is 1. The molecule has 2 atom stereocenters. The molecule has 13 heavy (non-hydrogen) atoms. The van der Waals surface area contributed by atoms with Gasteiger partial charge in [-0.2, -0.15) is 13.2 Å².